The fourth-order valence-electron chi connectivity index (χ4n) is 1.93. The van der Waals surface area contributed by atoms with E-state index in [9.17, 15) is 4.39 Å². The van der Waals surface area contributed by atoms with Crippen molar-refractivity contribution in [3.05, 3.63) is 65.3 Å². The van der Waals surface area contributed by atoms with E-state index in [1.165, 1.54) is 12.1 Å². The predicted octanol–water partition coefficient (Wildman–Crippen LogP) is 3.60. The Morgan fingerprint density at radius 2 is 1.90 bits per heavy atom. The van der Waals surface area contributed by atoms with Gasteiger partial charge in [0.1, 0.15) is 11.3 Å². The van der Waals surface area contributed by atoms with E-state index in [0.29, 0.717) is 18.0 Å². The molecule has 0 aliphatic carbocycles. The molecule has 0 fully saturated rings. The molecule has 0 atom stereocenters. The third-order valence-electron chi connectivity index (χ3n) is 2.99. The first-order chi connectivity index (χ1) is 9.74. The molecule has 0 aliphatic rings. The van der Waals surface area contributed by atoms with Crippen LogP contribution < -0.4 is 5.73 Å². The second-order valence-electron chi connectivity index (χ2n) is 4.44. The van der Waals surface area contributed by atoms with Gasteiger partial charge in [0.25, 0.3) is 0 Å². The average molecular weight is 268 g/mol. The molecule has 3 nitrogen and oxygen atoms in total. The summed E-state index contributed by atoms with van der Waals surface area (Å²) in [7, 11) is 0. The summed E-state index contributed by atoms with van der Waals surface area (Å²) in [6.07, 6.45) is 3.59. The van der Waals surface area contributed by atoms with Gasteiger partial charge < -0.3 is 10.2 Å². The Bertz CT molecular complexity index is 760. The van der Waals surface area contributed by atoms with Gasteiger partial charge in [-0.15, -0.1) is 0 Å². The summed E-state index contributed by atoms with van der Waals surface area (Å²) in [5, 5.41) is 0. The molecule has 0 radical (unpaired) electrons. The van der Waals surface area contributed by atoms with Crippen LogP contribution in [0.5, 0.6) is 0 Å². The molecule has 1 aromatic heterocycles. The highest BCUT2D eigenvalue weighted by atomic mass is 19.1. The predicted molar refractivity (Wildman–Crippen MR) is 77.2 cm³/mol. The first-order valence-corrected chi connectivity index (χ1v) is 6.28. The summed E-state index contributed by atoms with van der Waals surface area (Å²) < 4.78 is 18.4. The highest BCUT2D eigenvalue weighted by Crippen LogP contribution is 2.18. The van der Waals surface area contributed by atoms with Gasteiger partial charge in [-0.25, -0.2) is 9.37 Å². The summed E-state index contributed by atoms with van der Waals surface area (Å²) in [6, 6.07) is 11.9. The number of hydrogen-bond acceptors (Lipinski definition) is 3. The molecule has 2 N–H and O–H groups in total. The lowest BCUT2D eigenvalue weighted by atomic mass is 10.2. The number of aromatic nitrogens is 1. The first-order valence-electron chi connectivity index (χ1n) is 6.28. The van der Waals surface area contributed by atoms with Gasteiger partial charge in [-0.3, -0.25) is 0 Å². The van der Waals surface area contributed by atoms with Crippen LogP contribution in [0.3, 0.4) is 0 Å². The monoisotopic (exact) mass is 268 g/mol. The van der Waals surface area contributed by atoms with Crippen molar-refractivity contribution >= 4 is 23.3 Å². The Morgan fingerprint density at radius 1 is 1.10 bits per heavy atom. The molecular formula is C16H13FN2O. The van der Waals surface area contributed by atoms with Crippen molar-refractivity contribution in [3.63, 3.8) is 0 Å². The van der Waals surface area contributed by atoms with E-state index in [2.05, 4.69) is 4.98 Å². The Labute approximate surface area is 115 Å². The Kier molecular flexibility index (Phi) is 3.31. The minimum Gasteiger partial charge on any atom is -0.437 e. The minimum atomic E-state index is -0.252. The van der Waals surface area contributed by atoms with E-state index in [1.54, 1.807) is 18.2 Å². The second kappa shape index (κ2) is 5.27. The van der Waals surface area contributed by atoms with Gasteiger partial charge in [0.2, 0.25) is 5.89 Å². The van der Waals surface area contributed by atoms with E-state index >= 15 is 0 Å². The third-order valence-corrected chi connectivity index (χ3v) is 2.99. The zero-order valence-electron chi connectivity index (χ0n) is 10.7. The molecule has 0 aliphatic heterocycles. The summed E-state index contributed by atoms with van der Waals surface area (Å²) in [5.41, 5.74) is 8.98. The van der Waals surface area contributed by atoms with Crippen molar-refractivity contribution < 1.29 is 8.81 Å². The molecule has 100 valence electrons. The third kappa shape index (κ3) is 2.60. The second-order valence-corrected chi connectivity index (χ2v) is 4.44. The first kappa shape index (κ1) is 12.6. The topological polar surface area (TPSA) is 52.0 Å². The van der Waals surface area contributed by atoms with Crippen LogP contribution in [0.4, 0.5) is 4.39 Å². The van der Waals surface area contributed by atoms with Gasteiger partial charge in [-0.1, -0.05) is 18.2 Å². The molecule has 3 rings (SSSR count). The Hall–Kier alpha value is -2.46. The number of fused-ring (bicyclic) bond motifs is 1. The van der Waals surface area contributed by atoms with E-state index in [4.69, 9.17) is 10.2 Å². The van der Waals surface area contributed by atoms with Crippen LogP contribution in [0.15, 0.2) is 46.9 Å². The van der Waals surface area contributed by atoms with Crippen molar-refractivity contribution in [3.8, 4) is 0 Å². The molecule has 0 amide bonds. The van der Waals surface area contributed by atoms with Crippen molar-refractivity contribution in [2.45, 2.75) is 6.54 Å². The summed E-state index contributed by atoms with van der Waals surface area (Å²) >= 11 is 0. The van der Waals surface area contributed by atoms with Crippen LogP contribution in [0.1, 0.15) is 17.0 Å². The number of hydrogen-bond donors (Lipinski definition) is 1. The molecule has 1 heterocycles. The van der Waals surface area contributed by atoms with Crippen LogP contribution in [0.25, 0.3) is 23.3 Å². The molecular weight excluding hydrogens is 255 g/mol. The molecule has 0 spiro atoms. The highest BCUT2D eigenvalue weighted by Gasteiger charge is 2.03. The highest BCUT2D eigenvalue weighted by molar-refractivity contribution is 5.76. The maximum Gasteiger partial charge on any atom is 0.220 e. The normalized spacial score (nSPS) is 11.5. The van der Waals surface area contributed by atoms with Crippen LogP contribution in [-0.4, -0.2) is 4.98 Å². The van der Waals surface area contributed by atoms with Crippen LogP contribution in [0.2, 0.25) is 0 Å². The number of rotatable bonds is 3. The molecule has 4 heteroatoms. The van der Waals surface area contributed by atoms with Gasteiger partial charge in [-0.05, 0) is 41.5 Å². The van der Waals surface area contributed by atoms with Crippen LogP contribution in [-0.2, 0) is 6.54 Å². The van der Waals surface area contributed by atoms with Crippen LogP contribution in [0, 0.1) is 5.82 Å². The molecule has 0 bridgehead atoms. The summed E-state index contributed by atoms with van der Waals surface area (Å²) in [6.45, 7) is 0.470. The number of halogens is 1. The zero-order chi connectivity index (χ0) is 13.9. The van der Waals surface area contributed by atoms with E-state index < -0.39 is 0 Å². The maximum absolute atomic E-state index is 12.8. The summed E-state index contributed by atoms with van der Waals surface area (Å²) in [5.74, 6) is 0.261. The van der Waals surface area contributed by atoms with Crippen LogP contribution >= 0.6 is 0 Å². The zero-order valence-corrected chi connectivity index (χ0v) is 10.7. The van der Waals surface area contributed by atoms with Crippen molar-refractivity contribution in [2.75, 3.05) is 0 Å². The van der Waals surface area contributed by atoms with Gasteiger partial charge in [0.05, 0.1) is 0 Å². The van der Waals surface area contributed by atoms with Gasteiger partial charge in [-0.2, -0.15) is 0 Å². The fraction of sp³-hybridized carbons (Fsp3) is 0.0625. The van der Waals surface area contributed by atoms with Crippen molar-refractivity contribution in [1.29, 1.82) is 0 Å². The number of benzene rings is 2. The van der Waals surface area contributed by atoms with Gasteiger partial charge >= 0.3 is 0 Å². The molecule has 0 unspecified atom stereocenters. The Balaban J connectivity index is 1.88. The number of oxazole rings is 1. The molecule has 3 aromatic rings. The largest absolute Gasteiger partial charge is 0.437 e. The SMILES string of the molecule is NCc1ccc2nc(/C=C/c3ccc(F)cc3)oc2c1. The molecule has 0 saturated carbocycles. The minimum absolute atomic E-state index is 0.252. The lowest BCUT2D eigenvalue weighted by molar-refractivity contribution is 0.589. The summed E-state index contributed by atoms with van der Waals surface area (Å²) in [4.78, 5) is 4.35. The average Bonchev–Trinajstić information content (AvgIpc) is 2.88. The van der Waals surface area contributed by atoms with Gasteiger partial charge in [0, 0.05) is 12.6 Å². The van der Waals surface area contributed by atoms with Crippen molar-refractivity contribution in [2.24, 2.45) is 5.73 Å². The van der Waals surface area contributed by atoms with Crippen molar-refractivity contribution in [1.82, 2.24) is 4.98 Å². The van der Waals surface area contributed by atoms with E-state index in [1.807, 2.05) is 24.3 Å². The quantitative estimate of drug-likeness (QED) is 0.789. The molecule has 0 saturated heterocycles. The Morgan fingerprint density at radius 3 is 2.65 bits per heavy atom. The molecule has 2 aromatic carbocycles. The molecule has 20 heavy (non-hydrogen) atoms. The lowest BCUT2D eigenvalue weighted by Crippen LogP contribution is -1.94. The standard InChI is InChI=1S/C16H13FN2O/c17-13-5-1-11(2-6-13)4-8-16-19-14-7-3-12(10-18)9-15(14)20-16/h1-9H,10,18H2/b8-4+. The number of nitrogens with two attached hydrogens (primary N) is 1. The smallest absolute Gasteiger partial charge is 0.220 e. The lowest BCUT2D eigenvalue weighted by Gasteiger charge is -1.93. The van der Waals surface area contributed by atoms with Gasteiger partial charge in [0.15, 0.2) is 5.58 Å². The maximum atomic E-state index is 12.8. The fourth-order valence-corrected chi connectivity index (χ4v) is 1.93. The number of nitrogens with zero attached hydrogens (tertiary/aromatic N) is 1. The van der Waals surface area contributed by atoms with E-state index in [0.717, 1.165) is 16.6 Å². The van der Waals surface area contributed by atoms with E-state index in [-0.39, 0.29) is 5.82 Å².